The molecule has 1 rings (SSSR count). The van der Waals surface area contributed by atoms with E-state index < -0.39 is 4.92 Å². The number of nitro benzene ring substituents is 1. The molecule has 0 N–H and O–H groups in total. The van der Waals surface area contributed by atoms with Crippen LogP contribution in [0.15, 0.2) is 23.1 Å². The molecule has 0 aromatic heterocycles. The Balaban J connectivity index is 3.13. The SMILES string of the molecule is Cc1ccc(SC#N)cc1[N+](=O)[O-]. The number of nitriles is 1. The number of thioether (sulfide) groups is 1. The fourth-order valence-corrected chi connectivity index (χ4v) is 1.31. The van der Waals surface area contributed by atoms with Gasteiger partial charge in [0.25, 0.3) is 5.69 Å². The van der Waals surface area contributed by atoms with E-state index in [9.17, 15) is 10.1 Å². The molecule has 5 heteroatoms. The predicted octanol–water partition coefficient (Wildman–Crippen LogP) is 2.48. The van der Waals surface area contributed by atoms with E-state index in [1.165, 1.54) is 6.07 Å². The van der Waals surface area contributed by atoms with Crippen LogP contribution < -0.4 is 0 Å². The number of nitro groups is 1. The second-order valence-corrected chi connectivity index (χ2v) is 3.26. The molecule has 0 atom stereocenters. The molecule has 0 aliphatic carbocycles. The lowest BCUT2D eigenvalue weighted by molar-refractivity contribution is -0.385. The molecular formula is C8H6N2O2S. The Kier molecular flexibility index (Phi) is 2.88. The van der Waals surface area contributed by atoms with Gasteiger partial charge >= 0.3 is 0 Å². The molecule has 0 fully saturated rings. The zero-order chi connectivity index (χ0) is 9.84. The highest BCUT2D eigenvalue weighted by molar-refractivity contribution is 8.03. The van der Waals surface area contributed by atoms with Crippen molar-refractivity contribution in [1.82, 2.24) is 0 Å². The highest BCUT2D eigenvalue weighted by Gasteiger charge is 2.10. The van der Waals surface area contributed by atoms with E-state index in [0.29, 0.717) is 10.5 Å². The summed E-state index contributed by atoms with van der Waals surface area (Å²) < 4.78 is 0. The standard InChI is InChI=1S/C8H6N2O2S/c1-6-2-3-7(13-5-9)4-8(6)10(11)12/h2-4H,1H3. The van der Waals surface area contributed by atoms with Gasteiger partial charge < -0.3 is 0 Å². The molecule has 0 saturated carbocycles. The lowest BCUT2D eigenvalue weighted by Gasteiger charge is -1.97. The van der Waals surface area contributed by atoms with Crippen LogP contribution in [0.4, 0.5) is 5.69 Å². The first kappa shape index (κ1) is 9.55. The van der Waals surface area contributed by atoms with Crippen molar-refractivity contribution < 1.29 is 4.92 Å². The van der Waals surface area contributed by atoms with Crippen molar-refractivity contribution in [2.45, 2.75) is 11.8 Å². The number of hydrogen-bond donors (Lipinski definition) is 0. The third kappa shape index (κ3) is 2.20. The predicted molar refractivity (Wildman–Crippen MR) is 49.3 cm³/mol. The average Bonchev–Trinajstić information content (AvgIpc) is 2.08. The molecule has 0 unspecified atom stereocenters. The van der Waals surface area contributed by atoms with Crippen LogP contribution in [0.2, 0.25) is 0 Å². The maximum atomic E-state index is 10.5. The average molecular weight is 194 g/mol. The van der Waals surface area contributed by atoms with Crippen molar-refractivity contribution in [3.05, 3.63) is 33.9 Å². The third-order valence-electron chi connectivity index (χ3n) is 1.54. The van der Waals surface area contributed by atoms with Crippen LogP contribution in [-0.4, -0.2) is 4.92 Å². The van der Waals surface area contributed by atoms with Crippen LogP contribution in [0, 0.1) is 27.7 Å². The fraction of sp³-hybridized carbons (Fsp3) is 0.125. The Morgan fingerprint density at radius 1 is 1.62 bits per heavy atom. The quantitative estimate of drug-likeness (QED) is 0.314. The Morgan fingerprint density at radius 2 is 2.31 bits per heavy atom. The van der Waals surface area contributed by atoms with E-state index in [1.54, 1.807) is 19.1 Å². The summed E-state index contributed by atoms with van der Waals surface area (Å²) in [7, 11) is 0. The van der Waals surface area contributed by atoms with Crippen molar-refractivity contribution in [1.29, 1.82) is 5.26 Å². The Labute approximate surface area is 79.3 Å². The summed E-state index contributed by atoms with van der Waals surface area (Å²) in [6, 6.07) is 4.73. The van der Waals surface area contributed by atoms with Crippen LogP contribution in [-0.2, 0) is 0 Å². The molecule has 0 radical (unpaired) electrons. The van der Waals surface area contributed by atoms with Gasteiger partial charge in [-0.25, -0.2) is 0 Å². The van der Waals surface area contributed by atoms with Gasteiger partial charge in [-0.1, -0.05) is 6.07 Å². The molecule has 0 spiro atoms. The molecule has 0 aliphatic heterocycles. The molecule has 66 valence electrons. The summed E-state index contributed by atoms with van der Waals surface area (Å²) in [6.45, 7) is 1.67. The molecule has 13 heavy (non-hydrogen) atoms. The van der Waals surface area contributed by atoms with Crippen molar-refractivity contribution in [3.8, 4) is 5.40 Å². The molecule has 0 bridgehead atoms. The summed E-state index contributed by atoms with van der Waals surface area (Å²) in [5.74, 6) is 0. The van der Waals surface area contributed by atoms with Crippen LogP contribution in [0.25, 0.3) is 0 Å². The summed E-state index contributed by atoms with van der Waals surface area (Å²) in [6.07, 6.45) is 0. The minimum absolute atomic E-state index is 0.0558. The number of hydrogen-bond acceptors (Lipinski definition) is 4. The van der Waals surface area contributed by atoms with Gasteiger partial charge in [0.2, 0.25) is 0 Å². The first-order valence-electron chi connectivity index (χ1n) is 3.46. The Morgan fingerprint density at radius 3 is 2.85 bits per heavy atom. The van der Waals surface area contributed by atoms with Crippen LogP contribution in [0.3, 0.4) is 0 Å². The van der Waals surface area contributed by atoms with E-state index in [1.807, 2.05) is 5.40 Å². The van der Waals surface area contributed by atoms with Crippen molar-refractivity contribution >= 4 is 17.4 Å². The van der Waals surface area contributed by atoms with Gasteiger partial charge in [-0.05, 0) is 24.8 Å². The van der Waals surface area contributed by atoms with Crippen LogP contribution in [0.5, 0.6) is 0 Å². The molecule has 0 heterocycles. The highest BCUT2D eigenvalue weighted by Crippen LogP contribution is 2.25. The van der Waals surface area contributed by atoms with E-state index in [0.717, 1.165) is 11.8 Å². The molecular weight excluding hydrogens is 188 g/mol. The number of benzene rings is 1. The van der Waals surface area contributed by atoms with E-state index >= 15 is 0 Å². The van der Waals surface area contributed by atoms with Gasteiger partial charge in [-0.3, -0.25) is 10.1 Å². The zero-order valence-corrected chi connectivity index (χ0v) is 7.67. The minimum atomic E-state index is -0.448. The van der Waals surface area contributed by atoms with Gasteiger partial charge in [0, 0.05) is 16.5 Å². The summed E-state index contributed by atoms with van der Waals surface area (Å²) in [4.78, 5) is 10.6. The van der Waals surface area contributed by atoms with Gasteiger partial charge in [0.15, 0.2) is 0 Å². The third-order valence-corrected chi connectivity index (χ3v) is 2.12. The van der Waals surface area contributed by atoms with Gasteiger partial charge in [0.1, 0.15) is 5.40 Å². The topological polar surface area (TPSA) is 66.9 Å². The smallest absolute Gasteiger partial charge is 0.258 e. The molecule has 1 aromatic rings. The summed E-state index contributed by atoms with van der Waals surface area (Å²) in [5.41, 5.74) is 0.660. The maximum absolute atomic E-state index is 10.5. The first-order valence-corrected chi connectivity index (χ1v) is 4.28. The van der Waals surface area contributed by atoms with Gasteiger partial charge in [-0.2, -0.15) is 5.26 Å². The largest absolute Gasteiger partial charge is 0.273 e. The van der Waals surface area contributed by atoms with Crippen LogP contribution in [0.1, 0.15) is 5.56 Å². The van der Waals surface area contributed by atoms with Crippen molar-refractivity contribution in [2.75, 3.05) is 0 Å². The monoisotopic (exact) mass is 194 g/mol. The zero-order valence-electron chi connectivity index (χ0n) is 6.85. The molecule has 0 aliphatic rings. The molecule has 0 amide bonds. The Bertz CT molecular complexity index is 384. The lowest BCUT2D eigenvalue weighted by Crippen LogP contribution is -1.91. The van der Waals surface area contributed by atoms with E-state index in [2.05, 4.69) is 0 Å². The maximum Gasteiger partial charge on any atom is 0.273 e. The van der Waals surface area contributed by atoms with Crippen LogP contribution >= 0.6 is 11.8 Å². The van der Waals surface area contributed by atoms with E-state index in [-0.39, 0.29) is 5.69 Å². The lowest BCUT2D eigenvalue weighted by atomic mass is 10.2. The van der Waals surface area contributed by atoms with Gasteiger partial charge in [0.05, 0.1) is 4.92 Å². The summed E-state index contributed by atoms with van der Waals surface area (Å²) >= 11 is 0.917. The van der Waals surface area contributed by atoms with Crippen molar-refractivity contribution in [2.24, 2.45) is 0 Å². The van der Waals surface area contributed by atoms with E-state index in [4.69, 9.17) is 5.26 Å². The number of aryl methyl sites for hydroxylation is 1. The number of nitrogens with zero attached hydrogens (tertiary/aromatic N) is 2. The normalized spacial score (nSPS) is 9.23. The first-order chi connectivity index (χ1) is 6.15. The second kappa shape index (κ2) is 3.92. The number of rotatable bonds is 2. The molecule has 1 aromatic carbocycles. The van der Waals surface area contributed by atoms with Crippen molar-refractivity contribution in [3.63, 3.8) is 0 Å². The fourth-order valence-electron chi connectivity index (χ4n) is 0.902. The molecule has 0 saturated heterocycles. The highest BCUT2D eigenvalue weighted by atomic mass is 32.2. The number of thiocyanates is 1. The Hall–Kier alpha value is -1.54. The van der Waals surface area contributed by atoms with Gasteiger partial charge in [-0.15, -0.1) is 0 Å². The minimum Gasteiger partial charge on any atom is -0.258 e. The molecule has 4 nitrogen and oxygen atoms in total. The second-order valence-electron chi connectivity index (χ2n) is 2.40. The summed E-state index contributed by atoms with van der Waals surface area (Å²) in [5, 5.41) is 20.7.